The van der Waals surface area contributed by atoms with Crippen molar-refractivity contribution in [3.05, 3.63) is 206 Å². The van der Waals surface area contributed by atoms with Crippen LogP contribution in [0.25, 0.3) is 110 Å². The number of nitrogens with zero attached hydrogens (tertiary/aromatic N) is 4. The largest absolute Gasteiger partial charge is 0.309 e. The third kappa shape index (κ3) is 5.16. The first-order valence-electron chi connectivity index (χ1n) is 19.7. The highest BCUT2D eigenvalue weighted by Crippen LogP contribution is 2.40. The first kappa shape index (κ1) is 32.4. The minimum absolute atomic E-state index is 0.704. The Morgan fingerprint density at radius 2 is 0.741 bits per heavy atom. The van der Waals surface area contributed by atoms with Gasteiger partial charge in [0.05, 0.1) is 33.5 Å². The van der Waals surface area contributed by atoms with Crippen molar-refractivity contribution in [3.8, 4) is 45.3 Å². The van der Waals surface area contributed by atoms with E-state index in [4.69, 9.17) is 9.97 Å². The summed E-state index contributed by atoms with van der Waals surface area (Å²) in [7, 11) is 0. The topological polar surface area (TPSA) is 35.6 Å². The average molecular weight is 739 g/mol. The molecule has 0 radical (unpaired) electrons. The Morgan fingerprint density at radius 3 is 1.36 bits per heavy atom. The van der Waals surface area contributed by atoms with E-state index in [1.54, 1.807) is 0 Å². The zero-order valence-corrected chi connectivity index (χ0v) is 31.4. The lowest BCUT2D eigenvalue weighted by Crippen LogP contribution is -1.97. The lowest BCUT2D eigenvalue weighted by atomic mass is 10.0. The number of aromatic nitrogens is 4. The van der Waals surface area contributed by atoms with Gasteiger partial charge in [0, 0.05) is 49.6 Å². The highest BCUT2D eigenvalue weighted by atomic mass is 15.0. The van der Waals surface area contributed by atoms with E-state index >= 15 is 0 Å². The van der Waals surface area contributed by atoms with Gasteiger partial charge in [-0.15, -0.1) is 0 Å². The number of benzene rings is 9. The highest BCUT2D eigenvalue weighted by Gasteiger charge is 2.19. The van der Waals surface area contributed by atoms with Crippen molar-refractivity contribution < 1.29 is 0 Å². The number of hydrogen-bond donors (Lipinski definition) is 0. The van der Waals surface area contributed by atoms with E-state index in [2.05, 4.69) is 215 Å². The molecule has 3 heterocycles. The molecule has 3 aromatic heterocycles. The molecular weight excluding hydrogens is 705 g/mol. The summed E-state index contributed by atoms with van der Waals surface area (Å²) in [6.45, 7) is 0. The molecule has 0 atom stereocenters. The summed E-state index contributed by atoms with van der Waals surface area (Å²) in [6, 6.07) is 73.9. The van der Waals surface area contributed by atoms with Crippen LogP contribution in [0.15, 0.2) is 206 Å². The second kappa shape index (κ2) is 12.9. The minimum atomic E-state index is 0.704. The van der Waals surface area contributed by atoms with E-state index in [0.29, 0.717) is 5.82 Å². The standard InChI is InChI=1S/C54H34N4/c1-2-16-42(17-3-1)57-50-20-10-8-18-44(50)46-32-47-45-19-9-11-21-51(45)58(53(47)34-52(46)57)43-28-26-37(27-29-43)48-33-49(40-24-22-35-12-4-6-14-38(35)30-40)56-54(55-48)41-25-23-36-13-5-7-15-39(36)31-41/h1-34H. The molecule has 0 saturated heterocycles. The van der Waals surface area contributed by atoms with Gasteiger partial charge in [0.2, 0.25) is 0 Å². The predicted octanol–water partition coefficient (Wildman–Crippen LogP) is 14.0. The Hall–Kier alpha value is -7.82. The maximum absolute atomic E-state index is 5.23. The first-order chi connectivity index (χ1) is 28.7. The van der Waals surface area contributed by atoms with E-state index < -0.39 is 0 Å². The number of fused-ring (bicyclic) bond motifs is 8. The van der Waals surface area contributed by atoms with Gasteiger partial charge >= 0.3 is 0 Å². The number of para-hydroxylation sites is 3. The maximum atomic E-state index is 5.23. The van der Waals surface area contributed by atoms with E-state index in [1.807, 2.05) is 0 Å². The SMILES string of the molecule is c1ccc(-n2c3ccccc3c3cc4c5ccccc5n(-c5ccc(-c6cc(-c7ccc8ccccc8c7)nc(-c7ccc8ccccc8c7)n6)cc5)c4cc32)cc1. The van der Waals surface area contributed by atoms with Gasteiger partial charge in [-0.1, -0.05) is 140 Å². The van der Waals surface area contributed by atoms with Crippen LogP contribution in [-0.4, -0.2) is 19.1 Å². The summed E-state index contributed by atoms with van der Waals surface area (Å²) in [4.78, 5) is 10.4. The van der Waals surface area contributed by atoms with Crippen molar-refractivity contribution in [2.75, 3.05) is 0 Å². The quantitative estimate of drug-likeness (QED) is 0.176. The fraction of sp³-hybridized carbons (Fsp3) is 0. The number of hydrogen-bond acceptors (Lipinski definition) is 2. The van der Waals surface area contributed by atoms with Crippen LogP contribution in [0.5, 0.6) is 0 Å². The van der Waals surface area contributed by atoms with Crippen molar-refractivity contribution in [1.29, 1.82) is 0 Å². The molecule has 0 aliphatic carbocycles. The average Bonchev–Trinajstić information content (AvgIpc) is 3.80. The second-order valence-corrected chi connectivity index (χ2v) is 15.1. The van der Waals surface area contributed by atoms with Crippen LogP contribution in [0, 0.1) is 0 Å². The van der Waals surface area contributed by atoms with Crippen molar-refractivity contribution >= 4 is 65.2 Å². The molecule has 0 fully saturated rings. The molecule has 0 aliphatic rings. The van der Waals surface area contributed by atoms with E-state index in [1.165, 1.54) is 59.8 Å². The smallest absolute Gasteiger partial charge is 0.160 e. The van der Waals surface area contributed by atoms with Gasteiger partial charge < -0.3 is 9.13 Å². The van der Waals surface area contributed by atoms with Gasteiger partial charge in [-0.25, -0.2) is 9.97 Å². The van der Waals surface area contributed by atoms with E-state index in [0.717, 1.165) is 44.8 Å². The van der Waals surface area contributed by atoms with Crippen LogP contribution >= 0.6 is 0 Å². The number of rotatable bonds is 5. The van der Waals surface area contributed by atoms with Crippen LogP contribution in [0.2, 0.25) is 0 Å². The van der Waals surface area contributed by atoms with Crippen LogP contribution < -0.4 is 0 Å². The van der Waals surface area contributed by atoms with Gasteiger partial charge in [-0.05, 0) is 88.3 Å². The highest BCUT2D eigenvalue weighted by molar-refractivity contribution is 6.19. The predicted molar refractivity (Wildman–Crippen MR) is 242 cm³/mol. The molecule has 4 nitrogen and oxygen atoms in total. The van der Waals surface area contributed by atoms with E-state index in [-0.39, 0.29) is 0 Å². The third-order valence-corrected chi connectivity index (χ3v) is 11.7. The Labute approximate surface area is 334 Å². The maximum Gasteiger partial charge on any atom is 0.160 e. The van der Waals surface area contributed by atoms with Crippen molar-refractivity contribution in [1.82, 2.24) is 19.1 Å². The molecule has 9 aromatic carbocycles. The van der Waals surface area contributed by atoms with Gasteiger partial charge in [0.25, 0.3) is 0 Å². The van der Waals surface area contributed by atoms with Gasteiger partial charge in [0.1, 0.15) is 0 Å². The second-order valence-electron chi connectivity index (χ2n) is 15.1. The molecule has 270 valence electrons. The summed E-state index contributed by atoms with van der Waals surface area (Å²) in [6.07, 6.45) is 0. The molecule has 0 saturated carbocycles. The molecule has 0 N–H and O–H groups in total. The zero-order valence-electron chi connectivity index (χ0n) is 31.4. The summed E-state index contributed by atoms with van der Waals surface area (Å²) in [5.74, 6) is 0.704. The molecule has 58 heavy (non-hydrogen) atoms. The van der Waals surface area contributed by atoms with E-state index in [9.17, 15) is 0 Å². The minimum Gasteiger partial charge on any atom is -0.309 e. The third-order valence-electron chi connectivity index (χ3n) is 11.7. The van der Waals surface area contributed by atoms with Crippen LogP contribution in [0.1, 0.15) is 0 Å². The fourth-order valence-electron chi connectivity index (χ4n) is 8.89. The molecule has 4 heteroatoms. The summed E-state index contributed by atoms with van der Waals surface area (Å²) < 4.78 is 4.80. The summed E-state index contributed by atoms with van der Waals surface area (Å²) in [5, 5.41) is 9.72. The molecule has 0 spiro atoms. The Morgan fingerprint density at radius 1 is 0.276 bits per heavy atom. The van der Waals surface area contributed by atoms with Crippen molar-refractivity contribution in [2.45, 2.75) is 0 Å². The molecule has 0 amide bonds. The molecule has 0 unspecified atom stereocenters. The monoisotopic (exact) mass is 738 g/mol. The van der Waals surface area contributed by atoms with Gasteiger partial charge in [-0.2, -0.15) is 0 Å². The molecule has 0 bridgehead atoms. The molecule has 0 aliphatic heterocycles. The van der Waals surface area contributed by atoms with Crippen molar-refractivity contribution in [3.63, 3.8) is 0 Å². The molecule has 12 rings (SSSR count). The van der Waals surface area contributed by atoms with Crippen LogP contribution in [0.3, 0.4) is 0 Å². The fourth-order valence-corrected chi connectivity index (χ4v) is 8.89. The summed E-state index contributed by atoms with van der Waals surface area (Å²) in [5.41, 5.74) is 11.8. The Bertz CT molecular complexity index is 3460. The zero-order chi connectivity index (χ0) is 38.2. The van der Waals surface area contributed by atoms with Crippen LogP contribution in [-0.2, 0) is 0 Å². The van der Waals surface area contributed by atoms with Gasteiger partial charge in [-0.3, -0.25) is 0 Å². The lowest BCUT2D eigenvalue weighted by Gasteiger charge is -2.12. The van der Waals surface area contributed by atoms with Crippen LogP contribution in [0.4, 0.5) is 0 Å². The Balaban J connectivity index is 1.03. The Kier molecular flexibility index (Phi) is 7.20. The van der Waals surface area contributed by atoms with Crippen molar-refractivity contribution in [2.24, 2.45) is 0 Å². The lowest BCUT2D eigenvalue weighted by molar-refractivity contribution is 1.16. The molecule has 12 aromatic rings. The normalized spacial score (nSPS) is 11.8. The summed E-state index contributed by atoms with van der Waals surface area (Å²) >= 11 is 0. The van der Waals surface area contributed by atoms with Gasteiger partial charge in [0.15, 0.2) is 5.82 Å². The first-order valence-corrected chi connectivity index (χ1v) is 19.7. The molecular formula is C54H34N4.